The molecule has 0 amide bonds. The van der Waals surface area contributed by atoms with Crippen molar-refractivity contribution in [3.63, 3.8) is 0 Å². The molecular weight excluding hydrogens is 650 g/mol. The number of aryl methyl sites for hydroxylation is 3. The third-order valence-corrected chi connectivity index (χ3v) is 10.3. The number of methoxy groups -OCH3 is 1. The second kappa shape index (κ2) is 12.0. The molecule has 1 heterocycles. The molecule has 1 atom stereocenters. The maximum Gasteiger partial charge on any atom is 0.389 e. The second-order valence-corrected chi connectivity index (χ2v) is 13.7. The molecule has 5 aromatic rings. The molecule has 0 aromatic heterocycles. The summed E-state index contributed by atoms with van der Waals surface area (Å²) in [6, 6.07) is 26.7. The van der Waals surface area contributed by atoms with Crippen LogP contribution in [0.1, 0.15) is 70.2 Å². The average molecular weight is 687 g/mol. The minimum atomic E-state index is -4.58. The Morgan fingerprint density at radius 2 is 1.22 bits per heavy atom. The smallest absolute Gasteiger partial charge is 0.389 e. The van der Waals surface area contributed by atoms with E-state index in [1.165, 1.54) is 0 Å². The Kier molecular flexibility index (Phi) is 8.08. The lowest BCUT2D eigenvalue weighted by Gasteiger charge is -2.40. The first-order valence-electron chi connectivity index (χ1n) is 16.6. The van der Waals surface area contributed by atoms with Gasteiger partial charge in [-0.3, -0.25) is 0 Å². The van der Waals surface area contributed by atoms with Gasteiger partial charge in [0.1, 0.15) is 11.5 Å². The molecule has 0 fully saturated rings. The van der Waals surface area contributed by atoms with E-state index in [1.54, 1.807) is 13.2 Å². The summed E-state index contributed by atoms with van der Waals surface area (Å²) in [4.78, 5) is 0. The van der Waals surface area contributed by atoms with Gasteiger partial charge in [0, 0.05) is 40.3 Å². The fraction of sp³-hybridized carbons (Fsp3) is 0.286. The zero-order valence-corrected chi connectivity index (χ0v) is 28.2. The number of ether oxygens (including phenoxy) is 2. The summed E-state index contributed by atoms with van der Waals surface area (Å²) in [5.74, 6) is 1.08. The van der Waals surface area contributed by atoms with Gasteiger partial charge in [-0.25, -0.2) is 0 Å². The van der Waals surface area contributed by atoms with Crippen LogP contribution in [-0.2, 0) is 11.0 Å². The Hall–Kier alpha value is -4.72. The monoisotopic (exact) mass is 686 g/mol. The van der Waals surface area contributed by atoms with Crippen molar-refractivity contribution in [1.82, 2.24) is 0 Å². The van der Waals surface area contributed by atoms with E-state index in [0.29, 0.717) is 39.3 Å². The summed E-state index contributed by atoms with van der Waals surface area (Å²) in [5, 5.41) is 1.46. The van der Waals surface area contributed by atoms with Crippen LogP contribution in [0.5, 0.6) is 11.5 Å². The van der Waals surface area contributed by atoms with Crippen molar-refractivity contribution in [2.45, 2.75) is 69.8 Å². The minimum Gasteiger partial charge on any atom is -0.497 e. The topological polar surface area (TPSA) is 18.5 Å². The molecular formula is C42H36F6O2. The molecule has 7 rings (SSSR count). The summed E-state index contributed by atoms with van der Waals surface area (Å²) < 4.78 is 97.3. The highest BCUT2D eigenvalue weighted by atomic mass is 19.4. The van der Waals surface area contributed by atoms with Gasteiger partial charge in [0.05, 0.1) is 7.11 Å². The molecule has 0 radical (unpaired) electrons. The van der Waals surface area contributed by atoms with Gasteiger partial charge < -0.3 is 9.47 Å². The van der Waals surface area contributed by atoms with E-state index < -0.39 is 49.1 Å². The van der Waals surface area contributed by atoms with Gasteiger partial charge in [-0.05, 0) is 85.5 Å². The van der Waals surface area contributed by atoms with Gasteiger partial charge in [0.15, 0.2) is 5.60 Å². The van der Waals surface area contributed by atoms with Crippen LogP contribution in [0.2, 0.25) is 0 Å². The van der Waals surface area contributed by atoms with E-state index >= 15 is 0 Å². The third kappa shape index (κ3) is 5.72. The zero-order valence-electron chi connectivity index (χ0n) is 28.2. The van der Waals surface area contributed by atoms with E-state index in [1.807, 2.05) is 112 Å². The highest BCUT2D eigenvalue weighted by Gasteiger charge is 2.51. The maximum atomic E-state index is 14.1. The lowest BCUT2D eigenvalue weighted by molar-refractivity contribution is -0.143. The number of hydrogen-bond acceptors (Lipinski definition) is 2. The summed E-state index contributed by atoms with van der Waals surface area (Å²) in [5.41, 5.74) is 4.38. The molecule has 0 saturated heterocycles. The van der Waals surface area contributed by atoms with E-state index in [0.717, 1.165) is 38.6 Å². The fourth-order valence-electron chi connectivity index (χ4n) is 7.91. The van der Waals surface area contributed by atoms with Gasteiger partial charge >= 0.3 is 12.4 Å². The standard InChI is InChI=1S/C42H36F6O2/c1-25-5-9-28(10-6-25)40(29-11-13-30(49-4)14-12-29)18-17-33-37-36(31-15-7-26(2)23-34(31)38(33)50-40)32-16-8-27(3)24-35(32)39(37,19-21-41(43,44)45)20-22-42(46,47)48/h5-18,23-24H,19-22H2,1-4H3. The Labute approximate surface area is 287 Å². The minimum absolute atomic E-state index is 0.425. The number of rotatable bonds is 7. The van der Waals surface area contributed by atoms with Crippen molar-refractivity contribution >= 4 is 16.8 Å². The second-order valence-electron chi connectivity index (χ2n) is 13.7. The Bertz CT molecular complexity index is 2110. The van der Waals surface area contributed by atoms with E-state index in [2.05, 4.69) is 0 Å². The van der Waals surface area contributed by atoms with Gasteiger partial charge in [-0.1, -0.05) is 89.5 Å². The number of hydrogen-bond donors (Lipinski definition) is 0. The molecule has 1 aliphatic heterocycles. The van der Waals surface area contributed by atoms with Crippen molar-refractivity contribution < 1.29 is 35.8 Å². The molecule has 50 heavy (non-hydrogen) atoms. The average Bonchev–Trinajstić information content (AvgIpc) is 3.35. The normalized spacial score (nSPS) is 17.6. The van der Waals surface area contributed by atoms with Crippen LogP contribution in [0.3, 0.4) is 0 Å². The van der Waals surface area contributed by atoms with Crippen LogP contribution in [-0.4, -0.2) is 19.5 Å². The lowest BCUT2D eigenvalue weighted by atomic mass is 9.68. The van der Waals surface area contributed by atoms with Gasteiger partial charge in [0.2, 0.25) is 0 Å². The van der Waals surface area contributed by atoms with Crippen LogP contribution in [0.25, 0.3) is 28.0 Å². The number of fused-ring (bicyclic) bond motifs is 8. The number of benzene rings is 5. The first kappa shape index (κ1) is 33.8. The fourth-order valence-corrected chi connectivity index (χ4v) is 7.91. The summed E-state index contributed by atoms with van der Waals surface area (Å²) in [6.07, 6.45) is -8.94. The highest BCUT2D eigenvalue weighted by molar-refractivity contribution is 6.08. The van der Waals surface area contributed by atoms with Crippen LogP contribution >= 0.6 is 0 Å². The molecule has 2 aliphatic rings. The highest BCUT2D eigenvalue weighted by Crippen LogP contribution is 2.62. The molecule has 0 bridgehead atoms. The van der Waals surface area contributed by atoms with Crippen LogP contribution in [0.15, 0.2) is 91.0 Å². The Morgan fingerprint density at radius 3 is 1.82 bits per heavy atom. The quantitative estimate of drug-likeness (QED) is 0.159. The van der Waals surface area contributed by atoms with E-state index in [4.69, 9.17) is 9.47 Å². The molecule has 1 aliphatic carbocycles. The van der Waals surface area contributed by atoms with E-state index in [9.17, 15) is 26.3 Å². The van der Waals surface area contributed by atoms with Crippen molar-refractivity contribution in [2.75, 3.05) is 7.11 Å². The molecule has 0 spiro atoms. The molecule has 8 heteroatoms. The lowest BCUT2D eigenvalue weighted by Crippen LogP contribution is -2.36. The molecule has 1 unspecified atom stereocenters. The summed E-state index contributed by atoms with van der Waals surface area (Å²) in [6.45, 7) is 5.74. The van der Waals surface area contributed by atoms with Gasteiger partial charge in [0.25, 0.3) is 0 Å². The molecule has 2 nitrogen and oxygen atoms in total. The maximum absolute atomic E-state index is 14.1. The van der Waals surface area contributed by atoms with E-state index in [-0.39, 0.29) is 0 Å². The van der Waals surface area contributed by atoms with Gasteiger partial charge in [-0.2, -0.15) is 26.3 Å². The SMILES string of the molecule is COc1ccc(C2(c3ccc(C)cc3)C=Cc3c4c(c5ccc(C)cc5c3O2)-c2ccc(C)cc2C4(CCC(F)(F)F)CCC(F)(F)F)cc1. The molecule has 258 valence electrons. The summed E-state index contributed by atoms with van der Waals surface area (Å²) in [7, 11) is 1.58. The van der Waals surface area contributed by atoms with Gasteiger partial charge in [-0.15, -0.1) is 0 Å². The summed E-state index contributed by atoms with van der Waals surface area (Å²) >= 11 is 0. The predicted molar refractivity (Wildman–Crippen MR) is 185 cm³/mol. The molecule has 0 N–H and O–H groups in total. The number of alkyl halides is 6. The molecule has 5 aromatic carbocycles. The number of halogens is 6. The molecule has 0 saturated carbocycles. The van der Waals surface area contributed by atoms with Crippen molar-refractivity contribution in [2.24, 2.45) is 0 Å². The van der Waals surface area contributed by atoms with Crippen LogP contribution < -0.4 is 9.47 Å². The van der Waals surface area contributed by atoms with Crippen LogP contribution in [0, 0.1) is 20.8 Å². The first-order chi connectivity index (χ1) is 23.6. The van der Waals surface area contributed by atoms with Crippen molar-refractivity contribution in [3.05, 3.63) is 136 Å². The van der Waals surface area contributed by atoms with Crippen molar-refractivity contribution in [3.8, 4) is 22.6 Å². The largest absolute Gasteiger partial charge is 0.497 e. The Balaban J connectivity index is 1.57. The Morgan fingerprint density at radius 1 is 0.660 bits per heavy atom. The zero-order chi connectivity index (χ0) is 35.6. The van der Waals surface area contributed by atoms with Crippen molar-refractivity contribution in [1.29, 1.82) is 0 Å². The van der Waals surface area contributed by atoms with Crippen LogP contribution in [0.4, 0.5) is 26.3 Å². The predicted octanol–water partition coefficient (Wildman–Crippen LogP) is 12.1. The first-order valence-corrected chi connectivity index (χ1v) is 16.6. The third-order valence-electron chi connectivity index (χ3n) is 10.3.